The molecule has 1 N–H and O–H groups in total. The van der Waals surface area contributed by atoms with E-state index in [4.69, 9.17) is 9.47 Å². The number of benzene rings is 1. The minimum atomic E-state index is -0.220. The molecule has 0 aliphatic rings. The molecule has 3 heteroatoms. The molecule has 90 valence electrons. The Morgan fingerprint density at radius 2 is 1.94 bits per heavy atom. The highest BCUT2D eigenvalue weighted by atomic mass is 16.5. The molecule has 0 unspecified atom stereocenters. The number of rotatable bonds is 6. The van der Waals surface area contributed by atoms with E-state index in [1.54, 1.807) is 7.11 Å². The Hall–Kier alpha value is -1.22. The Kier molecular flexibility index (Phi) is 4.62. The van der Waals surface area contributed by atoms with Crippen LogP contribution in [-0.2, 0) is 0 Å². The molecule has 0 spiro atoms. The van der Waals surface area contributed by atoms with Crippen molar-refractivity contribution in [3.8, 4) is 11.5 Å². The van der Waals surface area contributed by atoms with Crippen LogP contribution in [0.1, 0.15) is 20.8 Å². The second-order valence-corrected chi connectivity index (χ2v) is 4.32. The van der Waals surface area contributed by atoms with Gasteiger partial charge in [0.25, 0.3) is 0 Å². The van der Waals surface area contributed by atoms with Gasteiger partial charge in [0.2, 0.25) is 0 Å². The Morgan fingerprint density at radius 1 is 1.25 bits per heavy atom. The van der Waals surface area contributed by atoms with E-state index in [2.05, 4.69) is 26.1 Å². The third kappa shape index (κ3) is 4.11. The molecule has 0 aliphatic carbocycles. The summed E-state index contributed by atoms with van der Waals surface area (Å²) in [4.78, 5) is 0. The first-order valence-corrected chi connectivity index (χ1v) is 5.61. The number of methoxy groups -OCH3 is 1. The van der Waals surface area contributed by atoms with E-state index in [0.717, 1.165) is 24.6 Å². The van der Waals surface area contributed by atoms with E-state index in [-0.39, 0.29) is 5.60 Å². The molecule has 16 heavy (non-hydrogen) atoms. The maximum Gasteiger partial charge on any atom is 0.123 e. The number of likely N-dealkylation sites (N-methyl/N-ethyl adjacent to an activating group) is 1. The van der Waals surface area contributed by atoms with Crippen molar-refractivity contribution >= 4 is 0 Å². The van der Waals surface area contributed by atoms with E-state index in [1.165, 1.54) is 0 Å². The van der Waals surface area contributed by atoms with E-state index in [1.807, 2.05) is 24.3 Å². The summed E-state index contributed by atoms with van der Waals surface area (Å²) < 4.78 is 11.1. The molecule has 0 aliphatic heterocycles. The van der Waals surface area contributed by atoms with Gasteiger partial charge < -0.3 is 14.8 Å². The van der Waals surface area contributed by atoms with Crippen LogP contribution in [0.25, 0.3) is 0 Å². The average Bonchev–Trinajstić information content (AvgIpc) is 2.26. The summed E-state index contributed by atoms with van der Waals surface area (Å²) in [5, 5.41) is 3.28. The molecular weight excluding hydrogens is 202 g/mol. The normalized spacial score (nSPS) is 11.2. The van der Waals surface area contributed by atoms with E-state index in [0.29, 0.717) is 0 Å². The Bertz CT molecular complexity index is 323. The quantitative estimate of drug-likeness (QED) is 0.803. The van der Waals surface area contributed by atoms with Gasteiger partial charge in [-0.15, -0.1) is 0 Å². The van der Waals surface area contributed by atoms with Gasteiger partial charge in [0.15, 0.2) is 0 Å². The first-order chi connectivity index (χ1) is 7.57. The first-order valence-electron chi connectivity index (χ1n) is 5.61. The van der Waals surface area contributed by atoms with Crippen molar-refractivity contribution in [2.75, 3.05) is 20.2 Å². The molecular formula is C13H21NO2. The summed E-state index contributed by atoms with van der Waals surface area (Å²) >= 11 is 0. The maximum atomic E-state index is 5.90. The molecule has 1 aromatic rings. The van der Waals surface area contributed by atoms with Crippen LogP contribution in [0.2, 0.25) is 0 Å². The second-order valence-electron chi connectivity index (χ2n) is 4.32. The number of hydrogen-bond donors (Lipinski definition) is 1. The highest BCUT2D eigenvalue weighted by Crippen LogP contribution is 2.22. The summed E-state index contributed by atoms with van der Waals surface area (Å²) in [6.45, 7) is 7.98. The molecule has 0 atom stereocenters. The fraction of sp³-hybridized carbons (Fsp3) is 0.538. The van der Waals surface area contributed by atoms with Crippen molar-refractivity contribution in [1.29, 1.82) is 0 Å². The third-order valence-electron chi connectivity index (χ3n) is 2.24. The van der Waals surface area contributed by atoms with Gasteiger partial charge in [-0.25, -0.2) is 0 Å². The van der Waals surface area contributed by atoms with E-state index >= 15 is 0 Å². The fourth-order valence-electron chi connectivity index (χ4n) is 1.45. The zero-order valence-corrected chi connectivity index (χ0v) is 10.5. The molecule has 0 aromatic heterocycles. The lowest BCUT2D eigenvalue weighted by molar-refractivity contribution is 0.108. The molecule has 0 radical (unpaired) electrons. The van der Waals surface area contributed by atoms with Crippen LogP contribution in [0, 0.1) is 0 Å². The number of ether oxygens (including phenoxy) is 2. The van der Waals surface area contributed by atoms with Crippen LogP contribution in [0.4, 0.5) is 0 Å². The van der Waals surface area contributed by atoms with Gasteiger partial charge in [-0.2, -0.15) is 0 Å². The largest absolute Gasteiger partial charge is 0.497 e. The highest BCUT2D eigenvalue weighted by molar-refractivity contribution is 5.33. The van der Waals surface area contributed by atoms with Crippen LogP contribution >= 0.6 is 0 Å². The Morgan fingerprint density at radius 3 is 2.56 bits per heavy atom. The second kappa shape index (κ2) is 5.75. The zero-order valence-electron chi connectivity index (χ0n) is 10.5. The molecule has 0 heterocycles. The lowest BCUT2D eigenvalue weighted by Crippen LogP contribution is -2.40. The van der Waals surface area contributed by atoms with Gasteiger partial charge in [-0.1, -0.05) is 13.0 Å². The molecule has 0 saturated carbocycles. The van der Waals surface area contributed by atoms with Gasteiger partial charge >= 0.3 is 0 Å². The van der Waals surface area contributed by atoms with Crippen LogP contribution in [-0.4, -0.2) is 25.8 Å². The van der Waals surface area contributed by atoms with Gasteiger partial charge in [0.05, 0.1) is 7.11 Å². The standard InChI is InChI=1S/C13H21NO2/c1-5-14-10-13(2,3)16-12-8-6-7-11(9-12)15-4/h6-9,14H,5,10H2,1-4H3. The van der Waals surface area contributed by atoms with Crippen molar-refractivity contribution in [1.82, 2.24) is 5.32 Å². The SMILES string of the molecule is CCNCC(C)(C)Oc1cccc(OC)c1. The van der Waals surface area contributed by atoms with Crippen molar-refractivity contribution in [3.05, 3.63) is 24.3 Å². The predicted octanol–water partition coefficient (Wildman–Crippen LogP) is 2.46. The third-order valence-corrected chi connectivity index (χ3v) is 2.24. The van der Waals surface area contributed by atoms with Crippen molar-refractivity contribution in [2.24, 2.45) is 0 Å². The Balaban J connectivity index is 2.63. The predicted molar refractivity (Wildman–Crippen MR) is 66.2 cm³/mol. The van der Waals surface area contributed by atoms with Crippen LogP contribution in [0.3, 0.4) is 0 Å². The molecule has 0 saturated heterocycles. The van der Waals surface area contributed by atoms with Gasteiger partial charge in [-0.3, -0.25) is 0 Å². The lowest BCUT2D eigenvalue weighted by Gasteiger charge is -2.26. The molecule has 3 nitrogen and oxygen atoms in total. The highest BCUT2D eigenvalue weighted by Gasteiger charge is 2.18. The summed E-state index contributed by atoms with van der Waals surface area (Å²) in [5.41, 5.74) is -0.220. The van der Waals surface area contributed by atoms with Gasteiger partial charge in [0.1, 0.15) is 17.1 Å². The Labute approximate surface area is 97.8 Å². The summed E-state index contributed by atoms with van der Waals surface area (Å²) in [5.74, 6) is 1.65. The van der Waals surface area contributed by atoms with E-state index in [9.17, 15) is 0 Å². The van der Waals surface area contributed by atoms with Crippen LogP contribution in [0.5, 0.6) is 11.5 Å². The van der Waals surface area contributed by atoms with Gasteiger partial charge in [0, 0.05) is 12.6 Å². The topological polar surface area (TPSA) is 30.5 Å². The minimum absolute atomic E-state index is 0.220. The maximum absolute atomic E-state index is 5.90. The van der Waals surface area contributed by atoms with Crippen LogP contribution in [0.15, 0.2) is 24.3 Å². The molecule has 1 aromatic carbocycles. The first kappa shape index (κ1) is 12.8. The molecule has 0 fully saturated rings. The van der Waals surface area contributed by atoms with Crippen molar-refractivity contribution < 1.29 is 9.47 Å². The minimum Gasteiger partial charge on any atom is -0.497 e. The monoisotopic (exact) mass is 223 g/mol. The van der Waals surface area contributed by atoms with Crippen LogP contribution < -0.4 is 14.8 Å². The summed E-state index contributed by atoms with van der Waals surface area (Å²) in [7, 11) is 1.66. The van der Waals surface area contributed by atoms with E-state index < -0.39 is 0 Å². The fourth-order valence-corrected chi connectivity index (χ4v) is 1.45. The number of hydrogen-bond acceptors (Lipinski definition) is 3. The van der Waals surface area contributed by atoms with Gasteiger partial charge in [-0.05, 0) is 32.5 Å². The lowest BCUT2D eigenvalue weighted by atomic mass is 10.1. The average molecular weight is 223 g/mol. The zero-order chi connectivity index (χ0) is 12.0. The van der Waals surface area contributed by atoms with Crippen molar-refractivity contribution in [2.45, 2.75) is 26.4 Å². The molecule has 0 bridgehead atoms. The smallest absolute Gasteiger partial charge is 0.123 e. The number of nitrogens with one attached hydrogen (secondary N) is 1. The van der Waals surface area contributed by atoms with Crippen molar-refractivity contribution in [3.63, 3.8) is 0 Å². The molecule has 1 rings (SSSR count). The summed E-state index contributed by atoms with van der Waals surface area (Å²) in [6.07, 6.45) is 0. The summed E-state index contributed by atoms with van der Waals surface area (Å²) in [6, 6.07) is 7.67. The molecule has 0 amide bonds.